The predicted octanol–water partition coefficient (Wildman–Crippen LogP) is 2.66. The fraction of sp³-hybridized carbons (Fsp3) is 0.393. The van der Waals surface area contributed by atoms with Gasteiger partial charge >= 0.3 is 5.97 Å². The molecular weight excluding hydrogens is 552 g/mol. The molecule has 1 aliphatic heterocycles. The maximum atomic E-state index is 13.7. The standard InChI is InChI=1S/C27H33N3O5S2.CH3NO/c1-16-12-19-10-11-21(28-24(32)17-6-8-18(9-7-17)26(34)35-4)13-20(19)14-30(16)25(33)23(27(2,3)37-5)29-22(31)15-36;2-1-3/h6-11,13,16,23,36H,12,14-15H2,1-5H3,(H,28,32)(H,29,31);1H,(H2,2,3). The second kappa shape index (κ2) is 14.8. The van der Waals surface area contributed by atoms with E-state index in [0.717, 1.165) is 11.1 Å². The third-order valence-electron chi connectivity index (χ3n) is 6.62. The number of nitrogens with two attached hydrogens (primary N) is 1. The summed E-state index contributed by atoms with van der Waals surface area (Å²) in [5.41, 5.74) is 7.58. The molecule has 0 aromatic heterocycles. The van der Waals surface area contributed by atoms with Crippen LogP contribution < -0.4 is 16.4 Å². The van der Waals surface area contributed by atoms with Gasteiger partial charge in [-0.3, -0.25) is 19.2 Å². The highest BCUT2D eigenvalue weighted by Gasteiger charge is 2.40. The average molecular weight is 589 g/mol. The molecule has 2 atom stereocenters. The molecule has 0 saturated heterocycles. The number of thioether (sulfide) groups is 1. The van der Waals surface area contributed by atoms with E-state index >= 15 is 0 Å². The summed E-state index contributed by atoms with van der Waals surface area (Å²) in [4.78, 5) is 60.6. The second-order valence-corrected chi connectivity index (χ2v) is 11.4. The molecule has 4 amide bonds. The van der Waals surface area contributed by atoms with Gasteiger partial charge in [0.25, 0.3) is 5.91 Å². The number of benzene rings is 2. The number of ether oxygens (including phenoxy) is 1. The number of methoxy groups -OCH3 is 1. The molecule has 0 spiro atoms. The minimum Gasteiger partial charge on any atom is -0.465 e. The number of fused-ring (bicyclic) bond motifs is 1. The lowest BCUT2D eigenvalue weighted by Crippen LogP contribution is -2.59. The lowest BCUT2D eigenvalue weighted by Gasteiger charge is -2.41. The number of thiol groups is 1. The van der Waals surface area contributed by atoms with E-state index in [2.05, 4.69) is 33.7 Å². The van der Waals surface area contributed by atoms with Crippen LogP contribution >= 0.6 is 24.4 Å². The minimum absolute atomic E-state index is 0.00109. The normalized spacial score (nSPS) is 14.9. The highest BCUT2D eigenvalue weighted by atomic mass is 32.2. The fourth-order valence-electron chi connectivity index (χ4n) is 4.21. The van der Waals surface area contributed by atoms with Crippen LogP contribution in [0.1, 0.15) is 52.6 Å². The predicted molar refractivity (Wildman–Crippen MR) is 160 cm³/mol. The lowest BCUT2D eigenvalue weighted by molar-refractivity contribution is -0.139. The molecule has 1 aliphatic rings. The van der Waals surface area contributed by atoms with Crippen molar-refractivity contribution in [2.45, 2.75) is 50.6 Å². The third kappa shape index (κ3) is 8.25. The van der Waals surface area contributed by atoms with Gasteiger partial charge in [-0.1, -0.05) is 6.07 Å². The smallest absolute Gasteiger partial charge is 0.337 e. The van der Waals surface area contributed by atoms with E-state index in [-0.39, 0.29) is 35.9 Å². The Bertz CT molecular complexity index is 1240. The number of nitrogens with one attached hydrogen (secondary N) is 2. The Labute approximate surface area is 244 Å². The maximum absolute atomic E-state index is 13.7. The van der Waals surface area contributed by atoms with E-state index in [1.54, 1.807) is 17.0 Å². The molecule has 0 bridgehead atoms. The van der Waals surface area contributed by atoms with E-state index in [9.17, 15) is 19.2 Å². The Hall–Kier alpha value is -3.51. The van der Waals surface area contributed by atoms with Gasteiger partial charge in [0.05, 0.1) is 18.4 Å². The number of amides is 4. The Morgan fingerprint density at radius 1 is 1.15 bits per heavy atom. The number of anilines is 1. The molecule has 0 fully saturated rings. The van der Waals surface area contributed by atoms with Crippen LogP contribution in [0.2, 0.25) is 0 Å². The monoisotopic (exact) mass is 588 g/mol. The molecule has 216 valence electrons. The number of carbonyl (C=O) groups is 5. The molecule has 2 unspecified atom stereocenters. The van der Waals surface area contributed by atoms with Crippen molar-refractivity contribution in [3.05, 3.63) is 64.7 Å². The van der Waals surface area contributed by atoms with Gasteiger partial charge in [0, 0.05) is 28.6 Å². The average Bonchev–Trinajstić information content (AvgIpc) is 2.95. The molecule has 3 rings (SSSR count). The van der Waals surface area contributed by atoms with Gasteiger partial charge in [-0.2, -0.15) is 24.4 Å². The summed E-state index contributed by atoms with van der Waals surface area (Å²) in [6.07, 6.45) is 2.83. The quantitative estimate of drug-likeness (QED) is 0.211. The summed E-state index contributed by atoms with van der Waals surface area (Å²) < 4.78 is 4.17. The summed E-state index contributed by atoms with van der Waals surface area (Å²) in [6.45, 7) is 6.24. The Morgan fingerprint density at radius 2 is 1.75 bits per heavy atom. The summed E-state index contributed by atoms with van der Waals surface area (Å²) in [5, 5.41) is 5.75. The molecule has 2 aromatic rings. The van der Waals surface area contributed by atoms with Gasteiger partial charge in [-0.15, -0.1) is 0 Å². The van der Waals surface area contributed by atoms with Crippen LogP contribution in [0, 0.1) is 0 Å². The number of carbonyl (C=O) groups excluding carboxylic acids is 5. The van der Waals surface area contributed by atoms with Crippen LogP contribution in [0.25, 0.3) is 0 Å². The van der Waals surface area contributed by atoms with Crippen LogP contribution in [0.15, 0.2) is 42.5 Å². The largest absolute Gasteiger partial charge is 0.465 e. The summed E-state index contributed by atoms with van der Waals surface area (Å²) in [5.74, 6) is -1.22. The molecule has 0 saturated carbocycles. The molecule has 0 radical (unpaired) electrons. The summed E-state index contributed by atoms with van der Waals surface area (Å²) in [7, 11) is 1.30. The van der Waals surface area contributed by atoms with E-state index in [1.165, 1.54) is 31.0 Å². The molecule has 10 nitrogen and oxygen atoms in total. The molecule has 40 heavy (non-hydrogen) atoms. The molecule has 0 aliphatic carbocycles. The first kappa shape index (κ1) is 32.7. The van der Waals surface area contributed by atoms with Crippen molar-refractivity contribution in [1.82, 2.24) is 10.2 Å². The topological polar surface area (TPSA) is 148 Å². The number of rotatable bonds is 8. The molecular formula is C28H36N4O6S2. The number of hydrogen-bond acceptors (Lipinski definition) is 8. The molecule has 2 aromatic carbocycles. The van der Waals surface area contributed by atoms with Crippen molar-refractivity contribution in [1.29, 1.82) is 0 Å². The van der Waals surface area contributed by atoms with Crippen LogP contribution in [0.4, 0.5) is 5.69 Å². The van der Waals surface area contributed by atoms with Crippen molar-refractivity contribution in [2.24, 2.45) is 5.73 Å². The van der Waals surface area contributed by atoms with E-state index in [1.807, 2.05) is 45.2 Å². The first-order valence-corrected chi connectivity index (χ1v) is 14.3. The Balaban J connectivity index is 0.00000178. The van der Waals surface area contributed by atoms with Gasteiger partial charge in [0.2, 0.25) is 18.2 Å². The van der Waals surface area contributed by atoms with E-state index in [4.69, 9.17) is 4.79 Å². The van der Waals surface area contributed by atoms with Crippen molar-refractivity contribution in [2.75, 3.05) is 24.4 Å². The van der Waals surface area contributed by atoms with Gasteiger partial charge in [-0.25, -0.2) is 4.79 Å². The zero-order valence-electron chi connectivity index (χ0n) is 23.2. The molecule has 4 N–H and O–H groups in total. The summed E-state index contributed by atoms with van der Waals surface area (Å²) in [6, 6.07) is 11.1. The van der Waals surface area contributed by atoms with Crippen LogP contribution in [0.5, 0.6) is 0 Å². The first-order valence-electron chi connectivity index (χ1n) is 12.4. The lowest BCUT2D eigenvalue weighted by atomic mass is 9.92. The van der Waals surface area contributed by atoms with E-state index < -0.39 is 16.8 Å². The van der Waals surface area contributed by atoms with Gasteiger partial charge < -0.3 is 26.0 Å². The zero-order valence-corrected chi connectivity index (χ0v) is 24.9. The van der Waals surface area contributed by atoms with Crippen LogP contribution in [-0.2, 0) is 32.1 Å². The van der Waals surface area contributed by atoms with Crippen LogP contribution in [-0.4, -0.2) is 70.9 Å². The SMILES string of the molecule is COC(=O)c1ccc(C(=O)Nc2ccc3c(c2)CN(C(=O)C(NC(=O)CS)C(C)(C)SC)C(C)C3)cc1.NC=O. The van der Waals surface area contributed by atoms with E-state index in [0.29, 0.717) is 29.8 Å². The van der Waals surface area contributed by atoms with Crippen molar-refractivity contribution >= 4 is 60.2 Å². The Kier molecular flexibility index (Phi) is 12.1. The highest BCUT2D eigenvalue weighted by Crippen LogP contribution is 2.31. The number of primary amides is 1. The highest BCUT2D eigenvalue weighted by molar-refractivity contribution is 8.00. The van der Waals surface area contributed by atoms with Crippen molar-refractivity contribution in [3.63, 3.8) is 0 Å². The first-order chi connectivity index (χ1) is 18.9. The van der Waals surface area contributed by atoms with Crippen LogP contribution in [0.3, 0.4) is 0 Å². The summed E-state index contributed by atoms with van der Waals surface area (Å²) >= 11 is 5.57. The van der Waals surface area contributed by atoms with Gasteiger partial charge in [-0.05, 0) is 81.0 Å². The molecule has 12 heteroatoms. The van der Waals surface area contributed by atoms with Crippen molar-refractivity contribution < 1.29 is 28.7 Å². The van der Waals surface area contributed by atoms with Crippen molar-refractivity contribution in [3.8, 4) is 0 Å². The van der Waals surface area contributed by atoms with Gasteiger partial charge in [0.1, 0.15) is 6.04 Å². The number of hydrogen-bond donors (Lipinski definition) is 4. The van der Waals surface area contributed by atoms with Gasteiger partial charge in [0.15, 0.2) is 0 Å². The Morgan fingerprint density at radius 3 is 2.30 bits per heavy atom. The minimum atomic E-state index is -0.706. The number of nitrogens with zero attached hydrogens (tertiary/aromatic N) is 1. The third-order valence-corrected chi connectivity index (χ3v) is 8.20. The second-order valence-electron chi connectivity index (χ2n) is 9.63. The maximum Gasteiger partial charge on any atom is 0.337 e. The fourth-order valence-corrected chi connectivity index (χ4v) is 4.70. The number of esters is 1. The zero-order chi connectivity index (χ0) is 30.0. The molecule has 1 heterocycles.